The minimum Gasteiger partial charge on any atom is -0.314 e. The van der Waals surface area contributed by atoms with Crippen LogP contribution in [-0.4, -0.2) is 36.1 Å². The van der Waals surface area contributed by atoms with E-state index in [9.17, 15) is 0 Å². The van der Waals surface area contributed by atoms with Crippen molar-refractivity contribution >= 4 is 0 Å². The van der Waals surface area contributed by atoms with Gasteiger partial charge in [-0.2, -0.15) is 5.26 Å². The van der Waals surface area contributed by atoms with Crippen molar-refractivity contribution in [3.63, 3.8) is 0 Å². The number of hydrogen-bond donors (Lipinski definition) is 1. The van der Waals surface area contributed by atoms with Gasteiger partial charge in [0.1, 0.15) is 11.8 Å². The lowest BCUT2D eigenvalue weighted by Gasteiger charge is -2.35. The molecule has 2 rings (SSSR count). The number of aromatic nitrogens is 1. The van der Waals surface area contributed by atoms with E-state index in [1.54, 1.807) is 6.20 Å². The van der Waals surface area contributed by atoms with Crippen LogP contribution in [0.15, 0.2) is 18.3 Å². The summed E-state index contributed by atoms with van der Waals surface area (Å²) in [4.78, 5) is 6.25. The van der Waals surface area contributed by atoms with Crippen LogP contribution < -0.4 is 5.32 Å². The van der Waals surface area contributed by atoms with Crippen molar-refractivity contribution in [1.29, 1.82) is 5.26 Å². The van der Waals surface area contributed by atoms with Gasteiger partial charge in [-0.3, -0.25) is 4.90 Å². The van der Waals surface area contributed by atoms with Gasteiger partial charge in [-0.15, -0.1) is 0 Å². The molecule has 1 aromatic rings. The Morgan fingerprint density at radius 2 is 2.47 bits per heavy atom. The van der Waals surface area contributed by atoms with Crippen LogP contribution in [0.25, 0.3) is 0 Å². The van der Waals surface area contributed by atoms with Crippen LogP contribution in [0.2, 0.25) is 0 Å². The monoisotopic (exact) mass is 202 g/mol. The van der Waals surface area contributed by atoms with Crippen molar-refractivity contribution in [2.45, 2.75) is 12.6 Å². The van der Waals surface area contributed by atoms with Crippen molar-refractivity contribution in [2.24, 2.45) is 0 Å². The number of nitrogens with zero attached hydrogens (tertiary/aromatic N) is 3. The molecular weight excluding hydrogens is 188 g/mol. The van der Waals surface area contributed by atoms with Gasteiger partial charge in [0.05, 0.1) is 0 Å². The second kappa shape index (κ2) is 4.39. The van der Waals surface area contributed by atoms with E-state index in [2.05, 4.69) is 28.3 Å². The standard InChI is InChI=1S/C11H14N4/c1-15(11-6-13-7-11)8-9-2-3-14-10(4-9)5-12/h2-4,11,13H,6-8H2,1H3. The fraction of sp³-hybridized carbons (Fsp3) is 0.455. The number of nitriles is 1. The molecule has 0 unspecified atom stereocenters. The summed E-state index contributed by atoms with van der Waals surface area (Å²) in [5.74, 6) is 0. The largest absolute Gasteiger partial charge is 0.314 e. The molecule has 1 fully saturated rings. The van der Waals surface area contributed by atoms with Crippen LogP contribution in [0.1, 0.15) is 11.3 Å². The van der Waals surface area contributed by atoms with E-state index < -0.39 is 0 Å². The van der Waals surface area contributed by atoms with Crippen LogP contribution in [0.4, 0.5) is 0 Å². The van der Waals surface area contributed by atoms with Gasteiger partial charge in [-0.05, 0) is 24.7 Å². The Labute approximate surface area is 89.5 Å². The molecule has 2 heterocycles. The summed E-state index contributed by atoms with van der Waals surface area (Å²) >= 11 is 0. The molecule has 4 heteroatoms. The summed E-state index contributed by atoms with van der Waals surface area (Å²) in [6, 6.07) is 6.50. The van der Waals surface area contributed by atoms with E-state index in [-0.39, 0.29) is 0 Å². The maximum atomic E-state index is 8.73. The first-order valence-corrected chi connectivity index (χ1v) is 5.05. The van der Waals surface area contributed by atoms with E-state index in [1.807, 2.05) is 12.1 Å². The van der Waals surface area contributed by atoms with Gasteiger partial charge in [0, 0.05) is 31.9 Å². The van der Waals surface area contributed by atoms with Crippen molar-refractivity contribution in [3.05, 3.63) is 29.6 Å². The molecule has 0 saturated carbocycles. The molecule has 0 amide bonds. The molecule has 0 radical (unpaired) electrons. The Morgan fingerprint density at radius 1 is 1.67 bits per heavy atom. The summed E-state index contributed by atoms with van der Waals surface area (Å²) in [6.45, 7) is 3.00. The van der Waals surface area contributed by atoms with Gasteiger partial charge in [-0.25, -0.2) is 4.98 Å². The first kappa shape index (κ1) is 10.1. The van der Waals surface area contributed by atoms with Gasteiger partial charge in [0.25, 0.3) is 0 Å². The minimum atomic E-state index is 0.493. The summed E-state index contributed by atoms with van der Waals surface area (Å²) < 4.78 is 0. The molecule has 1 aliphatic rings. The molecule has 0 bridgehead atoms. The molecule has 1 N–H and O–H groups in total. The lowest BCUT2D eigenvalue weighted by molar-refractivity contribution is 0.173. The first-order chi connectivity index (χ1) is 7.29. The van der Waals surface area contributed by atoms with Crippen LogP contribution in [0, 0.1) is 11.3 Å². The molecule has 0 aliphatic carbocycles. The molecule has 1 aliphatic heterocycles. The van der Waals surface area contributed by atoms with Crippen molar-refractivity contribution < 1.29 is 0 Å². The van der Waals surface area contributed by atoms with Crippen LogP contribution >= 0.6 is 0 Å². The average molecular weight is 202 g/mol. The molecule has 0 aromatic carbocycles. The highest BCUT2D eigenvalue weighted by molar-refractivity contribution is 5.25. The summed E-state index contributed by atoms with van der Waals surface area (Å²) in [5, 5.41) is 12.0. The van der Waals surface area contributed by atoms with E-state index in [1.165, 1.54) is 0 Å². The fourth-order valence-electron chi connectivity index (χ4n) is 1.64. The fourth-order valence-corrected chi connectivity index (χ4v) is 1.64. The Morgan fingerprint density at radius 3 is 3.07 bits per heavy atom. The summed E-state index contributed by atoms with van der Waals surface area (Å²) in [5.41, 5.74) is 1.64. The highest BCUT2D eigenvalue weighted by Crippen LogP contribution is 2.09. The third-order valence-corrected chi connectivity index (χ3v) is 2.75. The zero-order valence-electron chi connectivity index (χ0n) is 8.77. The number of pyridine rings is 1. The smallest absolute Gasteiger partial charge is 0.140 e. The van der Waals surface area contributed by atoms with E-state index >= 15 is 0 Å². The van der Waals surface area contributed by atoms with Crippen molar-refractivity contribution in [3.8, 4) is 6.07 Å². The topological polar surface area (TPSA) is 52.0 Å². The first-order valence-electron chi connectivity index (χ1n) is 5.05. The predicted molar refractivity (Wildman–Crippen MR) is 57.1 cm³/mol. The highest BCUT2D eigenvalue weighted by Gasteiger charge is 2.21. The van der Waals surface area contributed by atoms with E-state index in [0.29, 0.717) is 11.7 Å². The third kappa shape index (κ3) is 2.32. The Bertz CT molecular complexity index is 378. The Balaban J connectivity index is 2.00. The molecule has 0 atom stereocenters. The molecule has 15 heavy (non-hydrogen) atoms. The third-order valence-electron chi connectivity index (χ3n) is 2.75. The van der Waals surface area contributed by atoms with Gasteiger partial charge in [0.2, 0.25) is 0 Å². The minimum absolute atomic E-state index is 0.493. The number of rotatable bonds is 3. The predicted octanol–water partition coefficient (Wildman–Crippen LogP) is 0.357. The van der Waals surface area contributed by atoms with Gasteiger partial charge < -0.3 is 5.32 Å². The van der Waals surface area contributed by atoms with Gasteiger partial charge in [-0.1, -0.05) is 0 Å². The van der Waals surface area contributed by atoms with E-state index in [0.717, 1.165) is 25.2 Å². The lowest BCUT2D eigenvalue weighted by atomic mass is 10.1. The van der Waals surface area contributed by atoms with Crippen LogP contribution in [-0.2, 0) is 6.54 Å². The molecule has 1 saturated heterocycles. The zero-order valence-corrected chi connectivity index (χ0v) is 8.77. The maximum absolute atomic E-state index is 8.73. The SMILES string of the molecule is CN(Cc1ccnc(C#N)c1)C1CNC1. The lowest BCUT2D eigenvalue weighted by Crippen LogP contribution is -2.55. The molecule has 78 valence electrons. The van der Waals surface area contributed by atoms with Gasteiger partial charge >= 0.3 is 0 Å². The van der Waals surface area contributed by atoms with Crippen molar-refractivity contribution in [2.75, 3.05) is 20.1 Å². The zero-order chi connectivity index (χ0) is 10.7. The molecular formula is C11H14N4. The quantitative estimate of drug-likeness (QED) is 0.768. The summed E-state index contributed by atoms with van der Waals surface area (Å²) in [7, 11) is 2.11. The Hall–Kier alpha value is -1.44. The molecule has 1 aromatic heterocycles. The molecule has 0 spiro atoms. The van der Waals surface area contributed by atoms with Crippen LogP contribution in [0.5, 0.6) is 0 Å². The normalized spacial score (nSPS) is 16.1. The second-order valence-corrected chi connectivity index (χ2v) is 3.89. The van der Waals surface area contributed by atoms with Gasteiger partial charge in [0.15, 0.2) is 0 Å². The molecule has 4 nitrogen and oxygen atoms in total. The average Bonchev–Trinajstić information content (AvgIpc) is 2.15. The Kier molecular flexibility index (Phi) is 2.95. The highest BCUT2D eigenvalue weighted by atomic mass is 15.2. The maximum Gasteiger partial charge on any atom is 0.140 e. The number of hydrogen-bond acceptors (Lipinski definition) is 4. The van der Waals surface area contributed by atoms with Crippen LogP contribution in [0.3, 0.4) is 0 Å². The second-order valence-electron chi connectivity index (χ2n) is 3.89. The number of likely N-dealkylation sites (N-methyl/N-ethyl adjacent to an activating group) is 1. The van der Waals surface area contributed by atoms with Crippen molar-refractivity contribution in [1.82, 2.24) is 15.2 Å². The van der Waals surface area contributed by atoms with E-state index in [4.69, 9.17) is 5.26 Å². The summed E-state index contributed by atoms with van der Waals surface area (Å²) in [6.07, 6.45) is 1.70. The number of nitrogens with one attached hydrogen (secondary N) is 1.